The van der Waals surface area contributed by atoms with Crippen LogP contribution in [0, 0.1) is 13.8 Å². The van der Waals surface area contributed by atoms with Crippen molar-refractivity contribution in [3.63, 3.8) is 0 Å². The molecular formula is C14H15BrO2. The number of halogens is 1. The molecular weight excluding hydrogens is 280 g/mol. The number of fused-ring (bicyclic) bond motifs is 1. The molecule has 0 amide bonds. The summed E-state index contributed by atoms with van der Waals surface area (Å²) in [7, 11) is 3.33. The van der Waals surface area contributed by atoms with Crippen LogP contribution in [-0.2, 0) is 0 Å². The second kappa shape index (κ2) is 4.57. The Hall–Kier alpha value is -1.22. The molecule has 2 aromatic rings. The summed E-state index contributed by atoms with van der Waals surface area (Å²) in [5.41, 5.74) is 2.32. The van der Waals surface area contributed by atoms with Gasteiger partial charge in [-0.3, -0.25) is 0 Å². The molecule has 2 aromatic carbocycles. The predicted molar refractivity (Wildman–Crippen MR) is 74.2 cm³/mol. The average molecular weight is 295 g/mol. The number of rotatable bonds is 2. The first-order valence-electron chi connectivity index (χ1n) is 5.40. The van der Waals surface area contributed by atoms with Crippen molar-refractivity contribution in [2.75, 3.05) is 14.2 Å². The molecule has 0 N–H and O–H groups in total. The largest absolute Gasteiger partial charge is 0.493 e. The summed E-state index contributed by atoms with van der Waals surface area (Å²) in [4.78, 5) is 0. The van der Waals surface area contributed by atoms with Crippen LogP contribution < -0.4 is 9.47 Å². The van der Waals surface area contributed by atoms with Crippen LogP contribution >= 0.6 is 15.9 Å². The van der Waals surface area contributed by atoms with E-state index in [0.717, 1.165) is 26.9 Å². The van der Waals surface area contributed by atoms with Gasteiger partial charge in [-0.2, -0.15) is 0 Å². The van der Waals surface area contributed by atoms with Gasteiger partial charge in [0.05, 0.1) is 14.2 Å². The molecule has 2 nitrogen and oxygen atoms in total. The SMILES string of the molecule is COc1cc2cc(Br)c(C)cc2c(C)c1OC. The van der Waals surface area contributed by atoms with Crippen LogP contribution in [0.5, 0.6) is 11.5 Å². The number of methoxy groups -OCH3 is 2. The van der Waals surface area contributed by atoms with Gasteiger partial charge in [-0.1, -0.05) is 15.9 Å². The molecule has 0 fully saturated rings. The Kier molecular flexibility index (Phi) is 3.29. The highest BCUT2D eigenvalue weighted by Gasteiger charge is 2.12. The smallest absolute Gasteiger partial charge is 0.164 e. The first-order chi connectivity index (χ1) is 8.08. The van der Waals surface area contributed by atoms with Gasteiger partial charge >= 0.3 is 0 Å². The first kappa shape index (κ1) is 12.2. The Bertz CT molecular complexity index is 576. The maximum absolute atomic E-state index is 5.41. The van der Waals surface area contributed by atoms with Crippen molar-refractivity contribution in [1.82, 2.24) is 0 Å². The average Bonchev–Trinajstić information content (AvgIpc) is 2.31. The van der Waals surface area contributed by atoms with Crippen molar-refractivity contribution < 1.29 is 9.47 Å². The topological polar surface area (TPSA) is 18.5 Å². The molecule has 0 bridgehead atoms. The molecule has 0 unspecified atom stereocenters. The number of hydrogen-bond donors (Lipinski definition) is 0. The zero-order chi connectivity index (χ0) is 12.6. The van der Waals surface area contributed by atoms with Gasteiger partial charge in [0, 0.05) is 10.0 Å². The van der Waals surface area contributed by atoms with E-state index in [1.54, 1.807) is 14.2 Å². The fourth-order valence-electron chi connectivity index (χ4n) is 2.06. The highest BCUT2D eigenvalue weighted by molar-refractivity contribution is 9.10. The van der Waals surface area contributed by atoms with Crippen molar-refractivity contribution in [1.29, 1.82) is 0 Å². The number of ether oxygens (including phenoxy) is 2. The summed E-state index contributed by atoms with van der Waals surface area (Å²) < 4.78 is 11.9. The predicted octanol–water partition coefficient (Wildman–Crippen LogP) is 4.24. The number of benzene rings is 2. The maximum Gasteiger partial charge on any atom is 0.164 e. The monoisotopic (exact) mass is 294 g/mol. The summed E-state index contributed by atoms with van der Waals surface area (Å²) in [6, 6.07) is 6.28. The lowest BCUT2D eigenvalue weighted by molar-refractivity contribution is 0.354. The quantitative estimate of drug-likeness (QED) is 0.825. The molecule has 0 saturated carbocycles. The molecule has 0 spiro atoms. The van der Waals surface area contributed by atoms with Gasteiger partial charge < -0.3 is 9.47 Å². The standard InChI is InChI=1S/C14H15BrO2/c1-8-5-11-9(2)14(17-4)13(16-3)7-10(11)6-12(8)15/h5-7H,1-4H3. The molecule has 0 radical (unpaired) electrons. The van der Waals surface area contributed by atoms with Gasteiger partial charge in [0.25, 0.3) is 0 Å². The second-order valence-electron chi connectivity index (χ2n) is 4.06. The molecule has 0 aliphatic carbocycles. The van der Waals surface area contributed by atoms with E-state index in [-0.39, 0.29) is 0 Å². The zero-order valence-electron chi connectivity index (χ0n) is 10.4. The minimum atomic E-state index is 0.772. The molecule has 90 valence electrons. The highest BCUT2D eigenvalue weighted by Crippen LogP contribution is 2.38. The summed E-state index contributed by atoms with van der Waals surface area (Å²) in [5.74, 6) is 1.58. The molecule has 0 saturated heterocycles. The Morgan fingerprint density at radius 2 is 1.71 bits per heavy atom. The van der Waals surface area contributed by atoms with Crippen molar-refractivity contribution >= 4 is 26.7 Å². The van der Waals surface area contributed by atoms with Crippen LogP contribution in [0.15, 0.2) is 22.7 Å². The number of hydrogen-bond acceptors (Lipinski definition) is 2. The fourth-order valence-corrected chi connectivity index (χ4v) is 2.42. The minimum absolute atomic E-state index is 0.772. The molecule has 17 heavy (non-hydrogen) atoms. The van der Waals surface area contributed by atoms with E-state index in [9.17, 15) is 0 Å². The summed E-state index contributed by atoms with van der Waals surface area (Å²) >= 11 is 3.55. The zero-order valence-corrected chi connectivity index (χ0v) is 12.0. The minimum Gasteiger partial charge on any atom is -0.493 e. The second-order valence-corrected chi connectivity index (χ2v) is 4.91. The third-order valence-corrected chi connectivity index (χ3v) is 3.86. The lowest BCUT2D eigenvalue weighted by Crippen LogP contribution is -1.94. The summed E-state index contributed by atoms with van der Waals surface area (Å²) in [5, 5.41) is 2.35. The van der Waals surface area contributed by atoms with E-state index in [1.807, 2.05) is 6.07 Å². The molecule has 3 heteroatoms. The Morgan fingerprint density at radius 1 is 1.00 bits per heavy atom. The van der Waals surface area contributed by atoms with Crippen LogP contribution in [0.3, 0.4) is 0 Å². The van der Waals surface area contributed by atoms with E-state index >= 15 is 0 Å². The normalized spacial score (nSPS) is 10.6. The maximum atomic E-state index is 5.41. The van der Waals surface area contributed by atoms with Crippen LogP contribution in [0.2, 0.25) is 0 Å². The van der Waals surface area contributed by atoms with Gasteiger partial charge in [0.1, 0.15) is 0 Å². The van der Waals surface area contributed by atoms with E-state index in [2.05, 4.69) is 41.9 Å². The van der Waals surface area contributed by atoms with E-state index in [0.29, 0.717) is 0 Å². The van der Waals surface area contributed by atoms with E-state index in [4.69, 9.17) is 9.47 Å². The Morgan fingerprint density at radius 3 is 2.29 bits per heavy atom. The third kappa shape index (κ3) is 2.00. The molecule has 0 aliphatic heterocycles. The summed E-state index contributed by atoms with van der Waals surface area (Å²) in [6.45, 7) is 4.14. The fraction of sp³-hybridized carbons (Fsp3) is 0.286. The molecule has 0 aliphatic rings. The number of aryl methyl sites for hydroxylation is 2. The molecule has 0 atom stereocenters. The lowest BCUT2D eigenvalue weighted by atomic mass is 10.0. The van der Waals surface area contributed by atoms with Gasteiger partial charge in [-0.15, -0.1) is 0 Å². The van der Waals surface area contributed by atoms with Crippen LogP contribution in [0.25, 0.3) is 10.8 Å². The van der Waals surface area contributed by atoms with Crippen LogP contribution in [0.1, 0.15) is 11.1 Å². The molecule has 2 rings (SSSR count). The lowest BCUT2D eigenvalue weighted by Gasteiger charge is -2.14. The van der Waals surface area contributed by atoms with Gasteiger partial charge in [-0.05, 0) is 48.4 Å². The van der Waals surface area contributed by atoms with Crippen molar-refractivity contribution in [2.45, 2.75) is 13.8 Å². The van der Waals surface area contributed by atoms with E-state index in [1.165, 1.54) is 10.9 Å². The first-order valence-corrected chi connectivity index (χ1v) is 6.19. The van der Waals surface area contributed by atoms with Crippen LogP contribution in [-0.4, -0.2) is 14.2 Å². The molecule has 0 aromatic heterocycles. The third-order valence-electron chi connectivity index (χ3n) is 3.01. The van der Waals surface area contributed by atoms with Crippen molar-refractivity contribution in [3.05, 3.63) is 33.8 Å². The summed E-state index contributed by atoms with van der Waals surface area (Å²) in [6.07, 6.45) is 0. The van der Waals surface area contributed by atoms with Gasteiger partial charge in [0.15, 0.2) is 11.5 Å². The van der Waals surface area contributed by atoms with Gasteiger partial charge in [0.2, 0.25) is 0 Å². The molecule has 0 heterocycles. The Labute approximate surface area is 110 Å². The van der Waals surface area contributed by atoms with E-state index < -0.39 is 0 Å². The van der Waals surface area contributed by atoms with Crippen molar-refractivity contribution in [3.8, 4) is 11.5 Å². The highest BCUT2D eigenvalue weighted by atomic mass is 79.9. The van der Waals surface area contributed by atoms with Crippen LogP contribution in [0.4, 0.5) is 0 Å². The van der Waals surface area contributed by atoms with Gasteiger partial charge in [-0.25, -0.2) is 0 Å². The Balaban J connectivity index is 2.85. The van der Waals surface area contributed by atoms with Crippen molar-refractivity contribution in [2.24, 2.45) is 0 Å².